The molecule has 0 atom stereocenters. The number of halogens is 3. The number of benzene rings is 3. The minimum Gasteiger partial charge on any atom is -0.490 e. The first-order valence-corrected chi connectivity index (χ1v) is 12.1. The van der Waals surface area contributed by atoms with Crippen LogP contribution < -0.4 is 19.6 Å². The van der Waals surface area contributed by atoms with Crippen molar-refractivity contribution < 1.29 is 19.0 Å². The van der Waals surface area contributed by atoms with Crippen LogP contribution in [0.4, 0.5) is 0 Å². The molecule has 35 heavy (non-hydrogen) atoms. The van der Waals surface area contributed by atoms with Crippen LogP contribution in [0.15, 0.2) is 59.7 Å². The first kappa shape index (κ1) is 26.7. The van der Waals surface area contributed by atoms with Crippen molar-refractivity contribution in [1.29, 1.82) is 0 Å². The van der Waals surface area contributed by atoms with Gasteiger partial charge in [-0.3, -0.25) is 4.79 Å². The summed E-state index contributed by atoms with van der Waals surface area (Å²) in [6, 6.07) is 15.6. The Hall–Kier alpha value is -2.93. The van der Waals surface area contributed by atoms with Crippen molar-refractivity contribution in [3.05, 3.63) is 86.4 Å². The summed E-state index contributed by atoms with van der Waals surface area (Å²) in [6.07, 6.45) is 2.31. The number of ether oxygens (including phenoxy) is 3. The van der Waals surface area contributed by atoms with Crippen molar-refractivity contribution >= 4 is 46.9 Å². The zero-order chi connectivity index (χ0) is 25.2. The van der Waals surface area contributed by atoms with Crippen LogP contribution >= 0.6 is 34.8 Å². The second-order valence-corrected chi connectivity index (χ2v) is 8.56. The highest BCUT2D eigenvalue weighted by Crippen LogP contribution is 2.35. The number of hydrazone groups is 1. The number of nitrogens with one attached hydrogen (secondary N) is 1. The molecule has 1 amide bonds. The third-order valence-electron chi connectivity index (χ3n) is 4.70. The van der Waals surface area contributed by atoms with E-state index in [0.29, 0.717) is 56.7 Å². The van der Waals surface area contributed by atoms with E-state index in [9.17, 15) is 4.79 Å². The lowest BCUT2D eigenvalue weighted by molar-refractivity contribution is 0.0954. The van der Waals surface area contributed by atoms with Gasteiger partial charge in [0.05, 0.1) is 29.5 Å². The maximum absolute atomic E-state index is 12.5. The van der Waals surface area contributed by atoms with Gasteiger partial charge in [0, 0.05) is 16.1 Å². The summed E-state index contributed by atoms with van der Waals surface area (Å²) in [7, 11) is 0. The molecule has 0 bridgehead atoms. The Kier molecular flexibility index (Phi) is 10.1. The number of carbonyl (C=O) groups is 1. The van der Waals surface area contributed by atoms with Crippen LogP contribution in [-0.4, -0.2) is 25.3 Å². The monoisotopic (exact) mass is 534 g/mol. The molecule has 1 N–H and O–H groups in total. The van der Waals surface area contributed by atoms with E-state index in [2.05, 4.69) is 10.5 Å². The van der Waals surface area contributed by atoms with Gasteiger partial charge in [0.1, 0.15) is 6.61 Å². The highest BCUT2D eigenvalue weighted by molar-refractivity contribution is 6.37. The van der Waals surface area contributed by atoms with Crippen LogP contribution in [0.2, 0.25) is 15.1 Å². The standard InChI is InChI=1S/C26H25Cl3N2O4/c1-3-11-34-23-10-9-18(14-24(23)33-4-2)26(32)31-30-15-17-12-21(28)25(22(29)13-17)35-16-19-7-5-6-8-20(19)27/h5-10,12-15H,3-4,11,16H2,1-2H3,(H,31,32)/b30-15+. The van der Waals surface area contributed by atoms with Crippen LogP contribution in [0, 0.1) is 0 Å². The third kappa shape index (κ3) is 7.52. The van der Waals surface area contributed by atoms with Gasteiger partial charge in [-0.15, -0.1) is 0 Å². The summed E-state index contributed by atoms with van der Waals surface area (Å²) in [5, 5.41) is 5.22. The van der Waals surface area contributed by atoms with Crippen molar-refractivity contribution in [3.63, 3.8) is 0 Å². The fourth-order valence-corrected chi connectivity index (χ4v) is 3.84. The molecule has 0 unspecified atom stereocenters. The summed E-state index contributed by atoms with van der Waals surface area (Å²) < 4.78 is 17.0. The van der Waals surface area contributed by atoms with Gasteiger partial charge in [0.25, 0.3) is 5.91 Å². The van der Waals surface area contributed by atoms with E-state index in [-0.39, 0.29) is 6.61 Å². The molecule has 0 saturated heterocycles. The number of rotatable bonds is 11. The molecule has 0 aliphatic carbocycles. The van der Waals surface area contributed by atoms with E-state index < -0.39 is 5.91 Å². The Bertz CT molecular complexity index is 1180. The van der Waals surface area contributed by atoms with Crippen LogP contribution in [0.3, 0.4) is 0 Å². The summed E-state index contributed by atoms with van der Waals surface area (Å²) in [5.41, 5.74) is 4.27. The molecular formula is C26H25Cl3N2O4. The number of hydrogen-bond donors (Lipinski definition) is 1. The predicted molar refractivity (Wildman–Crippen MR) is 141 cm³/mol. The summed E-state index contributed by atoms with van der Waals surface area (Å²) >= 11 is 18.9. The van der Waals surface area contributed by atoms with Gasteiger partial charge in [0.2, 0.25) is 0 Å². The van der Waals surface area contributed by atoms with Crippen molar-refractivity contribution in [2.24, 2.45) is 5.10 Å². The van der Waals surface area contributed by atoms with Crippen molar-refractivity contribution in [1.82, 2.24) is 5.43 Å². The van der Waals surface area contributed by atoms with Crippen molar-refractivity contribution in [2.75, 3.05) is 13.2 Å². The number of nitrogens with zero attached hydrogens (tertiary/aromatic N) is 1. The normalized spacial score (nSPS) is 10.9. The Morgan fingerprint density at radius 1 is 0.914 bits per heavy atom. The predicted octanol–water partition coefficient (Wildman–Crippen LogP) is 7.18. The number of carbonyl (C=O) groups excluding carboxylic acids is 1. The Balaban J connectivity index is 1.65. The van der Waals surface area contributed by atoms with Crippen LogP contribution in [0.5, 0.6) is 17.2 Å². The fraction of sp³-hybridized carbons (Fsp3) is 0.231. The molecule has 0 saturated carbocycles. The maximum Gasteiger partial charge on any atom is 0.271 e. The largest absolute Gasteiger partial charge is 0.490 e. The lowest BCUT2D eigenvalue weighted by Gasteiger charge is -2.12. The molecule has 0 aliphatic rings. The fourth-order valence-electron chi connectivity index (χ4n) is 3.04. The zero-order valence-corrected chi connectivity index (χ0v) is 21.6. The highest BCUT2D eigenvalue weighted by Gasteiger charge is 2.13. The molecule has 0 aromatic heterocycles. The Morgan fingerprint density at radius 2 is 1.66 bits per heavy atom. The average molecular weight is 536 g/mol. The first-order chi connectivity index (χ1) is 16.9. The molecule has 0 heterocycles. The van der Waals surface area contributed by atoms with E-state index in [1.807, 2.05) is 32.0 Å². The average Bonchev–Trinajstić information content (AvgIpc) is 2.84. The minimum atomic E-state index is -0.402. The quantitative estimate of drug-likeness (QED) is 0.209. The molecular weight excluding hydrogens is 511 g/mol. The maximum atomic E-state index is 12.5. The molecule has 6 nitrogen and oxygen atoms in total. The molecule has 0 radical (unpaired) electrons. The lowest BCUT2D eigenvalue weighted by atomic mass is 10.2. The van der Waals surface area contributed by atoms with Crippen LogP contribution in [0.1, 0.15) is 41.8 Å². The van der Waals surface area contributed by atoms with Crippen LogP contribution in [0.25, 0.3) is 0 Å². The second-order valence-electron chi connectivity index (χ2n) is 7.34. The van der Waals surface area contributed by atoms with E-state index in [1.54, 1.807) is 36.4 Å². The minimum absolute atomic E-state index is 0.217. The van der Waals surface area contributed by atoms with Crippen molar-refractivity contribution in [3.8, 4) is 17.2 Å². The van der Waals surface area contributed by atoms with Crippen LogP contribution in [-0.2, 0) is 6.61 Å². The third-order valence-corrected chi connectivity index (χ3v) is 5.63. The highest BCUT2D eigenvalue weighted by atomic mass is 35.5. The summed E-state index contributed by atoms with van der Waals surface area (Å²) in [4.78, 5) is 12.5. The van der Waals surface area contributed by atoms with Gasteiger partial charge in [-0.2, -0.15) is 5.10 Å². The molecule has 9 heteroatoms. The van der Waals surface area contributed by atoms with E-state index in [1.165, 1.54) is 6.21 Å². The molecule has 0 fully saturated rings. The molecule has 3 rings (SSSR count). The summed E-state index contributed by atoms with van der Waals surface area (Å²) in [5.74, 6) is 1.03. The second kappa shape index (κ2) is 13.2. The molecule has 184 valence electrons. The topological polar surface area (TPSA) is 69.2 Å². The van der Waals surface area contributed by atoms with Gasteiger partial charge in [-0.1, -0.05) is 59.9 Å². The van der Waals surface area contributed by atoms with Crippen molar-refractivity contribution in [2.45, 2.75) is 26.9 Å². The summed E-state index contributed by atoms with van der Waals surface area (Å²) in [6.45, 7) is 5.11. The van der Waals surface area contributed by atoms with Gasteiger partial charge in [-0.05, 0) is 55.3 Å². The SMILES string of the molecule is CCCOc1ccc(C(=O)N/N=C/c2cc(Cl)c(OCc3ccccc3Cl)c(Cl)c2)cc1OCC. The first-order valence-electron chi connectivity index (χ1n) is 11.0. The van der Waals surface area contributed by atoms with Gasteiger partial charge >= 0.3 is 0 Å². The van der Waals surface area contributed by atoms with E-state index in [0.717, 1.165) is 12.0 Å². The Morgan fingerprint density at radius 3 is 2.34 bits per heavy atom. The molecule has 3 aromatic carbocycles. The van der Waals surface area contributed by atoms with E-state index in [4.69, 9.17) is 49.0 Å². The smallest absolute Gasteiger partial charge is 0.271 e. The van der Waals surface area contributed by atoms with E-state index >= 15 is 0 Å². The zero-order valence-electron chi connectivity index (χ0n) is 19.3. The van der Waals surface area contributed by atoms with Gasteiger partial charge in [-0.25, -0.2) is 5.43 Å². The molecule has 0 spiro atoms. The molecule has 3 aromatic rings. The molecule has 0 aliphatic heterocycles. The Labute approximate surface area is 219 Å². The lowest BCUT2D eigenvalue weighted by Crippen LogP contribution is -2.17. The number of hydrogen-bond acceptors (Lipinski definition) is 5. The van der Waals surface area contributed by atoms with Gasteiger partial charge < -0.3 is 14.2 Å². The van der Waals surface area contributed by atoms with Gasteiger partial charge in [0.15, 0.2) is 17.2 Å². The number of amides is 1.